The van der Waals surface area contributed by atoms with Gasteiger partial charge in [-0.25, -0.2) is 0 Å². The van der Waals surface area contributed by atoms with Crippen LogP contribution in [-0.4, -0.2) is 19.3 Å². The smallest absolute Gasteiger partial charge is 0.0536 e. The van der Waals surface area contributed by atoms with Gasteiger partial charge in [-0.3, -0.25) is 0 Å². The van der Waals surface area contributed by atoms with Crippen molar-refractivity contribution in [2.24, 2.45) is 11.1 Å². The fourth-order valence-corrected chi connectivity index (χ4v) is 1.88. The van der Waals surface area contributed by atoms with Gasteiger partial charge in [0.25, 0.3) is 0 Å². The second kappa shape index (κ2) is 1.74. The zero-order chi connectivity index (χ0) is 7.24. The largest absolute Gasteiger partial charge is 0.384 e. The Kier molecular flexibility index (Phi) is 1.15. The van der Waals surface area contributed by atoms with E-state index in [4.69, 9.17) is 10.5 Å². The van der Waals surface area contributed by atoms with Crippen LogP contribution in [0.15, 0.2) is 0 Å². The number of hydrogen-bond acceptors (Lipinski definition) is 2. The molecule has 0 spiro atoms. The number of nitrogens with two attached hydrogens (primary N) is 1. The Hall–Kier alpha value is -0.0800. The highest BCUT2D eigenvalue weighted by Crippen LogP contribution is 2.62. The summed E-state index contributed by atoms with van der Waals surface area (Å²) in [6, 6.07) is 0. The predicted octanol–water partition coefficient (Wildman–Crippen LogP) is 0.904. The highest BCUT2D eigenvalue weighted by molar-refractivity contribution is 5.18. The Bertz CT molecular complexity index is 147. The molecule has 0 aromatic heterocycles. The third-order valence-electron chi connectivity index (χ3n) is 3.12. The first kappa shape index (κ1) is 6.62. The van der Waals surface area contributed by atoms with Gasteiger partial charge in [0.15, 0.2) is 0 Å². The lowest BCUT2D eigenvalue weighted by Crippen LogP contribution is -2.36. The van der Waals surface area contributed by atoms with Crippen LogP contribution in [-0.2, 0) is 4.74 Å². The van der Waals surface area contributed by atoms with E-state index in [1.54, 1.807) is 7.11 Å². The molecule has 2 saturated carbocycles. The van der Waals surface area contributed by atoms with Gasteiger partial charge in [0.05, 0.1) is 6.61 Å². The molecule has 2 nitrogen and oxygen atoms in total. The van der Waals surface area contributed by atoms with Crippen LogP contribution in [0.4, 0.5) is 0 Å². The van der Waals surface area contributed by atoms with Crippen LogP contribution >= 0.6 is 0 Å². The molecule has 0 aliphatic heterocycles. The van der Waals surface area contributed by atoms with Crippen molar-refractivity contribution in [2.75, 3.05) is 13.7 Å². The SMILES string of the molecule is COCC1(C2(N)CC2)CC1. The maximum absolute atomic E-state index is 6.09. The fourth-order valence-electron chi connectivity index (χ4n) is 1.88. The molecule has 0 heterocycles. The van der Waals surface area contributed by atoms with Gasteiger partial charge in [-0.05, 0) is 25.7 Å². The molecule has 2 heteroatoms. The van der Waals surface area contributed by atoms with E-state index < -0.39 is 0 Å². The molecule has 0 unspecified atom stereocenters. The summed E-state index contributed by atoms with van der Waals surface area (Å²) in [7, 11) is 1.77. The highest BCUT2D eigenvalue weighted by Gasteiger charge is 2.63. The van der Waals surface area contributed by atoms with Crippen molar-refractivity contribution < 1.29 is 4.74 Å². The molecule has 2 aliphatic carbocycles. The third-order valence-corrected chi connectivity index (χ3v) is 3.12. The summed E-state index contributed by atoms with van der Waals surface area (Å²) >= 11 is 0. The Morgan fingerprint density at radius 3 is 2.20 bits per heavy atom. The Labute approximate surface area is 61.7 Å². The van der Waals surface area contributed by atoms with Gasteiger partial charge in [-0.15, -0.1) is 0 Å². The van der Waals surface area contributed by atoms with Crippen LogP contribution in [0.5, 0.6) is 0 Å². The van der Waals surface area contributed by atoms with Crippen LogP contribution in [0.1, 0.15) is 25.7 Å². The zero-order valence-corrected chi connectivity index (χ0v) is 6.52. The molecule has 0 aromatic rings. The standard InChI is InChI=1S/C8H15NO/c1-10-6-7(2-3-7)8(9)4-5-8/h2-6,9H2,1H3. The van der Waals surface area contributed by atoms with E-state index in [1.165, 1.54) is 25.7 Å². The molecule has 0 radical (unpaired) electrons. The zero-order valence-electron chi connectivity index (χ0n) is 6.52. The summed E-state index contributed by atoms with van der Waals surface area (Å²) in [5.74, 6) is 0. The number of hydrogen-bond donors (Lipinski definition) is 1. The quantitative estimate of drug-likeness (QED) is 0.634. The summed E-state index contributed by atoms with van der Waals surface area (Å²) in [4.78, 5) is 0. The molecule has 0 bridgehead atoms. The highest BCUT2D eigenvalue weighted by atomic mass is 16.5. The maximum atomic E-state index is 6.09. The topological polar surface area (TPSA) is 35.2 Å². The van der Waals surface area contributed by atoms with Gasteiger partial charge in [-0.1, -0.05) is 0 Å². The van der Waals surface area contributed by atoms with Crippen molar-refractivity contribution in [3.8, 4) is 0 Å². The number of methoxy groups -OCH3 is 1. The Morgan fingerprint density at radius 1 is 1.30 bits per heavy atom. The molecule has 10 heavy (non-hydrogen) atoms. The van der Waals surface area contributed by atoms with Crippen molar-refractivity contribution >= 4 is 0 Å². The van der Waals surface area contributed by atoms with Crippen molar-refractivity contribution in [2.45, 2.75) is 31.2 Å². The minimum atomic E-state index is 0.184. The molecule has 2 fully saturated rings. The Morgan fingerprint density at radius 2 is 1.90 bits per heavy atom. The summed E-state index contributed by atoms with van der Waals surface area (Å²) in [6.07, 6.45) is 5.02. The lowest BCUT2D eigenvalue weighted by atomic mass is 9.96. The van der Waals surface area contributed by atoms with E-state index in [-0.39, 0.29) is 5.54 Å². The molecular formula is C8H15NO. The number of ether oxygens (including phenoxy) is 1. The van der Waals surface area contributed by atoms with Crippen LogP contribution < -0.4 is 5.73 Å². The van der Waals surface area contributed by atoms with Crippen LogP contribution in [0.25, 0.3) is 0 Å². The summed E-state index contributed by atoms with van der Waals surface area (Å²) < 4.78 is 5.16. The van der Waals surface area contributed by atoms with Gasteiger partial charge < -0.3 is 10.5 Å². The molecular weight excluding hydrogens is 126 g/mol. The lowest BCUT2D eigenvalue weighted by molar-refractivity contribution is 0.120. The van der Waals surface area contributed by atoms with Gasteiger partial charge >= 0.3 is 0 Å². The van der Waals surface area contributed by atoms with E-state index in [2.05, 4.69) is 0 Å². The van der Waals surface area contributed by atoms with E-state index >= 15 is 0 Å². The van der Waals surface area contributed by atoms with Crippen molar-refractivity contribution in [1.29, 1.82) is 0 Å². The average molecular weight is 141 g/mol. The van der Waals surface area contributed by atoms with Gasteiger partial charge in [0, 0.05) is 18.1 Å². The molecule has 0 aromatic carbocycles. The number of rotatable bonds is 3. The second-order valence-corrected chi connectivity index (χ2v) is 3.87. The van der Waals surface area contributed by atoms with Crippen LogP contribution in [0.2, 0.25) is 0 Å². The molecule has 2 N–H and O–H groups in total. The van der Waals surface area contributed by atoms with E-state index in [1.807, 2.05) is 0 Å². The van der Waals surface area contributed by atoms with Crippen molar-refractivity contribution in [3.63, 3.8) is 0 Å². The molecule has 2 rings (SSSR count). The molecule has 58 valence electrons. The monoisotopic (exact) mass is 141 g/mol. The van der Waals surface area contributed by atoms with E-state index in [0.717, 1.165) is 6.61 Å². The van der Waals surface area contributed by atoms with Gasteiger partial charge in [0.1, 0.15) is 0 Å². The maximum Gasteiger partial charge on any atom is 0.0536 e. The first-order chi connectivity index (χ1) is 4.72. The first-order valence-corrected chi connectivity index (χ1v) is 4.00. The fraction of sp³-hybridized carbons (Fsp3) is 1.00. The third kappa shape index (κ3) is 0.722. The molecule has 2 aliphatic rings. The average Bonchev–Trinajstić information content (AvgIpc) is 2.69. The molecule has 0 amide bonds. The Balaban J connectivity index is 2.01. The van der Waals surface area contributed by atoms with E-state index in [0.29, 0.717) is 5.41 Å². The molecule has 0 atom stereocenters. The first-order valence-electron chi connectivity index (χ1n) is 4.00. The van der Waals surface area contributed by atoms with Crippen molar-refractivity contribution in [3.05, 3.63) is 0 Å². The molecule has 0 saturated heterocycles. The summed E-state index contributed by atoms with van der Waals surface area (Å²) in [5.41, 5.74) is 6.68. The predicted molar refractivity (Wildman–Crippen MR) is 39.7 cm³/mol. The summed E-state index contributed by atoms with van der Waals surface area (Å²) in [5, 5.41) is 0. The minimum Gasteiger partial charge on any atom is -0.384 e. The van der Waals surface area contributed by atoms with Crippen LogP contribution in [0.3, 0.4) is 0 Å². The lowest BCUT2D eigenvalue weighted by Gasteiger charge is -2.21. The van der Waals surface area contributed by atoms with Gasteiger partial charge in [0.2, 0.25) is 0 Å². The minimum absolute atomic E-state index is 0.184. The van der Waals surface area contributed by atoms with Crippen LogP contribution in [0, 0.1) is 5.41 Å². The van der Waals surface area contributed by atoms with Crippen molar-refractivity contribution in [1.82, 2.24) is 0 Å². The van der Waals surface area contributed by atoms with E-state index in [9.17, 15) is 0 Å². The second-order valence-electron chi connectivity index (χ2n) is 3.87. The summed E-state index contributed by atoms with van der Waals surface area (Å²) in [6.45, 7) is 0.878. The normalized spacial score (nSPS) is 31.8. The van der Waals surface area contributed by atoms with Gasteiger partial charge in [-0.2, -0.15) is 0 Å².